The van der Waals surface area contributed by atoms with Crippen molar-refractivity contribution >= 4 is 17.4 Å². The summed E-state index contributed by atoms with van der Waals surface area (Å²) >= 11 is 1.59. The maximum absolute atomic E-state index is 12.5. The highest BCUT2D eigenvalue weighted by Crippen LogP contribution is 2.34. The summed E-state index contributed by atoms with van der Waals surface area (Å²) in [6.45, 7) is 6.41. The third-order valence-corrected chi connectivity index (χ3v) is 4.81. The number of carbonyl (C=O) groups excluding carboxylic acids is 1. The average Bonchev–Trinajstić information content (AvgIpc) is 3.04. The minimum absolute atomic E-state index is 0.00438. The van der Waals surface area contributed by atoms with Crippen LogP contribution in [0.3, 0.4) is 0 Å². The molecule has 0 aliphatic carbocycles. The summed E-state index contributed by atoms with van der Waals surface area (Å²) in [6, 6.07) is 3.90. The van der Waals surface area contributed by atoms with Gasteiger partial charge in [0.2, 0.25) is 0 Å². The fourth-order valence-electron chi connectivity index (χ4n) is 2.84. The van der Waals surface area contributed by atoms with Crippen molar-refractivity contribution in [2.75, 3.05) is 6.54 Å². The van der Waals surface area contributed by atoms with Gasteiger partial charge in [-0.15, -0.1) is 11.3 Å². The molecule has 0 N–H and O–H groups in total. The van der Waals surface area contributed by atoms with E-state index in [1.54, 1.807) is 17.5 Å². The van der Waals surface area contributed by atoms with E-state index < -0.39 is 5.60 Å². The van der Waals surface area contributed by atoms with Gasteiger partial charge in [-0.25, -0.2) is 9.78 Å². The summed E-state index contributed by atoms with van der Waals surface area (Å²) < 4.78 is 5.57. The van der Waals surface area contributed by atoms with Crippen molar-refractivity contribution in [3.63, 3.8) is 0 Å². The number of ether oxygens (including phenoxy) is 1. The Labute approximate surface area is 146 Å². The number of rotatable bonds is 2. The molecule has 3 rings (SSSR count). The molecule has 128 valence electrons. The van der Waals surface area contributed by atoms with Gasteiger partial charge < -0.3 is 4.74 Å². The van der Waals surface area contributed by atoms with E-state index >= 15 is 0 Å². The van der Waals surface area contributed by atoms with Crippen molar-refractivity contribution in [3.05, 3.63) is 35.6 Å². The monoisotopic (exact) mass is 345 g/mol. The van der Waals surface area contributed by atoms with Gasteiger partial charge in [-0.1, -0.05) is 0 Å². The Bertz CT molecular complexity index is 694. The van der Waals surface area contributed by atoms with Crippen LogP contribution in [0.5, 0.6) is 0 Å². The van der Waals surface area contributed by atoms with Crippen LogP contribution in [0.2, 0.25) is 0 Å². The first kappa shape index (κ1) is 16.9. The lowest BCUT2D eigenvalue weighted by Gasteiger charge is -2.36. The van der Waals surface area contributed by atoms with Gasteiger partial charge in [-0.05, 0) is 52.2 Å². The first-order valence-electron chi connectivity index (χ1n) is 8.29. The van der Waals surface area contributed by atoms with Crippen LogP contribution in [0.15, 0.2) is 29.9 Å². The Morgan fingerprint density at radius 2 is 2.21 bits per heavy atom. The number of aromatic nitrogens is 2. The lowest BCUT2D eigenvalue weighted by Crippen LogP contribution is -2.42. The fourth-order valence-corrected chi connectivity index (χ4v) is 3.70. The van der Waals surface area contributed by atoms with E-state index in [0.29, 0.717) is 0 Å². The van der Waals surface area contributed by atoms with Crippen LogP contribution in [0.1, 0.15) is 51.8 Å². The van der Waals surface area contributed by atoms with Gasteiger partial charge in [-0.3, -0.25) is 9.88 Å². The molecule has 1 atom stereocenters. The Balaban J connectivity index is 1.81. The van der Waals surface area contributed by atoms with Crippen molar-refractivity contribution < 1.29 is 9.53 Å². The Hall–Kier alpha value is -1.95. The third-order valence-electron chi connectivity index (χ3n) is 3.90. The molecule has 0 bridgehead atoms. The molecule has 0 spiro atoms. The minimum Gasteiger partial charge on any atom is -0.444 e. The molecule has 1 amide bonds. The SMILES string of the molecule is CC(C)(C)OC(=O)N1CCCC[C@@H]1c1csc(-c2cccnc2)n1. The van der Waals surface area contributed by atoms with Gasteiger partial charge in [0.15, 0.2) is 0 Å². The van der Waals surface area contributed by atoms with Crippen molar-refractivity contribution in [2.24, 2.45) is 0 Å². The minimum atomic E-state index is -0.484. The molecule has 0 radical (unpaired) electrons. The molecule has 5 nitrogen and oxygen atoms in total. The maximum atomic E-state index is 12.5. The number of carbonyl (C=O) groups is 1. The second kappa shape index (κ2) is 6.89. The van der Waals surface area contributed by atoms with E-state index in [2.05, 4.69) is 10.4 Å². The molecule has 2 aromatic rings. The second-order valence-corrected chi connectivity index (χ2v) is 7.86. The van der Waals surface area contributed by atoms with Crippen LogP contribution in [-0.4, -0.2) is 33.1 Å². The molecule has 1 saturated heterocycles. The normalized spacial score (nSPS) is 18.5. The standard InChI is InChI=1S/C18H23N3O2S/c1-18(2,3)23-17(22)21-10-5-4-8-15(21)14-12-24-16(20-14)13-7-6-9-19-11-13/h6-7,9,11-12,15H,4-5,8,10H2,1-3H3/t15-/m1/s1. The number of piperidine rings is 1. The summed E-state index contributed by atoms with van der Waals surface area (Å²) in [5.74, 6) is 0. The van der Waals surface area contributed by atoms with E-state index in [9.17, 15) is 4.79 Å². The highest BCUT2D eigenvalue weighted by atomic mass is 32.1. The number of hydrogen-bond donors (Lipinski definition) is 0. The van der Waals surface area contributed by atoms with Gasteiger partial charge in [-0.2, -0.15) is 0 Å². The van der Waals surface area contributed by atoms with Crippen molar-refractivity contribution in [1.82, 2.24) is 14.9 Å². The summed E-state index contributed by atoms with van der Waals surface area (Å²) in [4.78, 5) is 23.3. The average molecular weight is 345 g/mol. The molecule has 3 heterocycles. The van der Waals surface area contributed by atoms with Crippen LogP contribution in [0.25, 0.3) is 10.6 Å². The Morgan fingerprint density at radius 1 is 1.38 bits per heavy atom. The number of hydrogen-bond acceptors (Lipinski definition) is 5. The van der Waals surface area contributed by atoms with Crippen LogP contribution in [0.4, 0.5) is 4.79 Å². The van der Waals surface area contributed by atoms with Gasteiger partial charge in [0.05, 0.1) is 11.7 Å². The highest BCUT2D eigenvalue weighted by molar-refractivity contribution is 7.13. The van der Waals surface area contributed by atoms with Crippen molar-refractivity contribution in [3.8, 4) is 10.6 Å². The quantitative estimate of drug-likeness (QED) is 0.794. The zero-order valence-corrected chi connectivity index (χ0v) is 15.2. The van der Waals surface area contributed by atoms with E-state index in [4.69, 9.17) is 9.72 Å². The molecular weight excluding hydrogens is 322 g/mol. The smallest absolute Gasteiger partial charge is 0.410 e. The molecule has 6 heteroatoms. The fraction of sp³-hybridized carbons (Fsp3) is 0.500. The summed E-state index contributed by atoms with van der Waals surface area (Å²) in [7, 11) is 0. The highest BCUT2D eigenvalue weighted by Gasteiger charge is 2.32. The summed E-state index contributed by atoms with van der Waals surface area (Å²) in [5, 5.41) is 2.99. The Kier molecular flexibility index (Phi) is 4.85. The zero-order chi connectivity index (χ0) is 17.2. The van der Waals surface area contributed by atoms with Crippen LogP contribution in [0, 0.1) is 0 Å². The predicted molar refractivity (Wildman–Crippen MR) is 94.9 cm³/mol. The lowest BCUT2D eigenvalue weighted by molar-refractivity contribution is 0.00908. The second-order valence-electron chi connectivity index (χ2n) is 7.00. The maximum Gasteiger partial charge on any atom is 0.410 e. The van der Waals surface area contributed by atoms with Gasteiger partial charge in [0, 0.05) is 29.9 Å². The molecule has 0 aromatic carbocycles. The van der Waals surface area contributed by atoms with E-state index in [-0.39, 0.29) is 12.1 Å². The predicted octanol–water partition coefficient (Wildman–Crippen LogP) is 4.67. The lowest BCUT2D eigenvalue weighted by atomic mass is 10.0. The number of thiazole rings is 1. The molecule has 1 fully saturated rings. The first-order chi connectivity index (χ1) is 11.4. The van der Waals surface area contributed by atoms with E-state index in [0.717, 1.165) is 42.1 Å². The van der Waals surface area contributed by atoms with Gasteiger partial charge in [0.25, 0.3) is 0 Å². The largest absolute Gasteiger partial charge is 0.444 e. The van der Waals surface area contributed by atoms with Gasteiger partial charge in [0.1, 0.15) is 10.6 Å². The molecular formula is C18H23N3O2S. The summed E-state index contributed by atoms with van der Waals surface area (Å²) in [5.41, 5.74) is 1.47. The van der Waals surface area contributed by atoms with E-state index in [1.165, 1.54) is 0 Å². The molecule has 1 aliphatic rings. The molecule has 0 unspecified atom stereocenters. The van der Waals surface area contributed by atoms with Crippen molar-refractivity contribution in [2.45, 2.75) is 51.7 Å². The topological polar surface area (TPSA) is 55.3 Å². The number of nitrogens with zero attached hydrogens (tertiary/aromatic N) is 3. The number of likely N-dealkylation sites (tertiary alicyclic amines) is 1. The third kappa shape index (κ3) is 3.93. The Morgan fingerprint density at radius 3 is 2.92 bits per heavy atom. The molecule has 24 heavy (non-hydrogen) atoms. The van der Waals surface area contributed by atoms with Crippen LogP contribution in [-0.2, 0) is 4.74 Å². The van der Waals surface area contributed by atoms with Crippen LogP contribution < -0.4 is 0 Å². The number of pyridine rings is 1. The van der Waals surface area contributed by atoms with Crippen molar-refractivity contribution in [1.29, 1.82) is 0 Å². The zero-order valence-electron chi connectivity index (χ0n) is 14.4. The van der Waals surface area contributed by atoms with Crippen LogP contribution >= 0.6 is 11.3 Å². The number of amides is 1. The molecule has 1 aliphatic heterocycles. The summed E-state index contributed by atoms with van der Waals surface area (Å²) in [6.07, 6.45) is 6.36. The van der Waals surface area contributed by atoms with Gasteiger partial charge >= 0.3 is 6.09 Å². The molecule has 2 aromatic heterocycles. The molecule has 0 saturated carbocycles. The van der Waals surface area contributed by atoms with E-state index in [1.807, 2.05) is 44.0 Å². The first-order valence-corrected chi connectivity index (χ1v) is 9.17.